The Morgan fingerprint density at radius 3 is 2.50 bits per heavy atom. The van der Waals surface area contributed by atoms with Gasteiger partial charge in [0.15, 0.2) is 0 Å². The molecular formula is C13H21ClN2O3S. The van der Waals surface area contributed by atoms with Crippen LogP contribution in [0.1, 0.15) is 19.3 Å². The first-order valence-electron chi connectivity index (χ1n) is 6.45. The minimum Gasteiger partial charge on any atom is -0.497 e. The van der Waals surface area contributed by atoms with E-state index in [-0.39, 0.29) is 18.4 Å². The molecule has 114 valence electrons. The third-order valence-corrected chi connectivity index (χ3v) is 5.48. The predicted molar refractivity (Wildman–Crippen MR) is 80.8 cm³/mol. The number of piperidine rings is 1. The molecule has 1 aromatic rings. The summed E-state index contributed by atoms with van der Waals surface area (Å²) in [7, 11) is -1.90. The molecule has 5 nitrogen and oxygen atoms in total. The highest BCUT2D eigenvalue weighted by atomic mass is 35.5. The average molecular weight is 321 g/mol. The van der Waals surface area contributed by atoms with Gasteiger partial charge in [-0.15, -0.1) is 12.4 Å². The van der Waals surface area contributed by atoms with Gasteiger partial charge in [-0.3, -0.25) is 0 Å². The molecule has 1 heterocycles. The topological polar surface area (TPSA) is 72.6 Å². The van der Waals surface area contributed by atoms with Gasteiger partial charge in [0.2, 0.25) is 10.0 Å². The Balaban J connectivity index is 0.00000200. The van der Waals surface area contributed by atoms with Crippen LogP contribution in [0.25, 0.3) is 0 Å². The second kappa shape index (κ2) is 7.26. The van der Waals surface area contributed by atoms with Crippen LogP contribution >= 0.6 is 12.4 Å². The Bertz CT molecular complexity index is 519. The predicted octanol–water partition coefficient (Wildman–Crippen LogP) is 1.62. The summed E-state index contributed by atoms with van der Waals surface area (Å²) in [4.78, 5) is 0.300. The number of nitrogens with zero attached hydrogens (tertiary/aromatic N) is 1. The molecule has 20 heavy (non-hydrogen) atoms. The zero-order valence-corrected chi connectivity index (χ0v) is 13.1. The number of halogens is 1. The van der Waals surface area contributed by atoms with E-state index in [1.165, 1.54) is 4.31 Å². The Morgan fingerprint density at radius 2 is 1.95 bits per heavy atom. The van der Waals surface area contributed by atoms with Crippen LogP contribution in [-0.2, 0) is 10.0 Å². The van der Waals surface area contributed by atoms with E-state index in [1.807, 2.05) is 0 Å². The van der Waals surface area contributed by atoms with E-state index in [4.69, 9.17) is 10.5 Å². The van der Waals surface area contributed by atoms with E-state index in [9.17, 15) is 8.42 Å². The van der Waals surface area contributed by atoms with Crippen molar-refractivity contribution in [2.75, 3.05) is 20.2 Å². The van der Waals surface area contributed by atoms with Crippen molar-refractivity contribution < 1.29 is 13.2 Å². The Morgan fingerprint density at radius 1 is 1.30 bits per heavy atom. The van der Waals surface area contributed by atoms with E-state index in [1.54, 1.807) is 31.4 Å². The molecule has 1 aliphatic heterocycles. The van der Waals surface area contributed by atoms with Crippen molar-refractivity contribution >= 4 is 22.4 Å². The van der Waals surface area contributed by atoms with Crippen molar-refractivity contribution in [3.63, 3.8) is 0 Å². The normalized spacial score (nSPS) is 20.2. The first kappa shape index (κ1) is 17.2. The molecule has 0 spiro atoms. The summed E-state index contributed by atoms with van der Waals surface area (Å²) in [6.07, 6.45) is 2.77. The standard InChI is InChI=1S/C13H20N2O3S.ClH/c1-18-12-5-7-13(8-6-12)19(16,17)15-9-3-2-4-11(15)10-14;/h5-8,11H,2-4,9-10,14H2,1H3;1H. The number of rotatable bonds is 4. The largest absolute Gasteiger partial charge is 0.497 e. The third-order valence-electron chi connectivity index (χ3n) is 3.51. The lowest BCUT2D eigenvalue weighted by atomic mass is 10.1. The number of hydrogen-bond donors (Lipinski definition) is 1. The highest BCUT2D eigenvalue weighted by Crippen LogP contribution is 2.25. The molecule has 0 saturated carbocycles. The Kier molecular flexibility index (Phi) is 6.26. The lowest BCUT2D eigenvalue weighted by molar-refractivity contribution is 0.257. The van der Waals surface area contributed by atoms with E-state index in [2.05, 4.69) is 0 Å². The molecule has 2 rings (SSSR count). The van der Waals surface area contributed by atoms with Gasteiger partial charge >= 0.3 is 0 Å². The minimum atomic E-state index is -3.45. The van der Waals surface area contributed by atoms with Gasteiger partial charge in [-0.05, 0) is 37.1 Å². The number of ether oxygens (including phenoxy) is 1. The van der Waals surface area contributed by atoms with Crippen molar-refractivity contribution in [2.24, 2.45) is 5.73 Å². The molecule has 0 bridgehead atoms. The number of methoxy groups -OCH3 is 1. The van der Waals surface area contributed by atoms with E-state index in [0.717, 1.165) is 19.3 Å². The van der Waals surface area contributed by atoms with Crippen LogP contribution in [-0.4, -0.2) is 39.0 Å². The van der Waals surface area contributed by atoms with Crippen LogP contribution < -0.4 is 10.5 Å². The van der Waals surface area contributed by atoms with Crippen molar-refractivity contribution in [3.05, 3.63) is 24.3 Å². The molecule has 0 radical (unpaired) electrons. The van der Waals surface area contributed by atoms with E-state index >= 15 is 0 Å². The monoisotopic (exact) mass is 320 g/mol. The van der Waals surface area contributed by atoms with Crippen molar-refractivity contribution in [1.82, 2.24) is 4.31 Å². The molecule has 1 unspecified atom stereocenters. The molecule has 1 saturated heterocycles. The number of hydrogen-bond acceptors (Lipinski definition) is 4. The first-order chi connectivity index (χ1) is 9.09. The third kappa shape index (κ3) is 3.44. The molecule has 7 heteroatoms. The van der Waals surface area contributed by atoms with Gasteiger partial charge < -0.3 is 10.5 Å². The summed E-state index contributed by atoms with van der Waals surface area (Å²) >= 11 is 0. The quantitative estimate of drug-likeness (QED) is 0.915. The fourth-order valence-electron chi connectivity index (χ4n) is 2.41. The van der Waals surface area contributed by atoms with E-state index in [0.29, 0.717) is 23.7 Å². The second-order valence-electron chi connectivity index (χ2n) is 4.68. The number of benzene rings is 1. The van der Waals surface area contributed by atoms with Gasteiger partial charge in [0, 0.05) is 19.1 Å². The number of nitrogens with two attached hydrogens (primary N) is 1. The van der Waals surface area contributed by atoms with Gasteiger partial charge in [-0.25, -0.2) is 8.42 Å². The van der Waals surface area contributed by atoms with Crippen LogP contribution in [0.15, 0.2) is 29.2 Å². The lowest BCUT2D eigenvalue weighted by Crippen LogP contribution is -2.47. The highest BCUT2D eigenvalue weighted by molar-refractivity contribution is 7.89. The molecule has 0 amide bonds. The van der Waals surface area contributed by atoms with Gasteiger partial charge in [0.05, 0.1) is 12.0 Å². The SMILES string of the molecule is COc1ccc(S(=O)(=O)N2CCCCC2CN)cc1.Cl. The molecule has 2 N–H and O–H groups in total. The summed E-state index contributed by atoms with van der Waals surface area (Å²) in [5.74, 6) is 0.646. The maximum atomic E-state index is 12.6. The fraction of sp³-hybridized carbons (Fsp3) is 0.538. The summed E-state index contributed by atoms with van der Waals surface area (Å²) in [5.41, 5.74) is 5.69. The second-order valence-corrected chi connectivity index (χ2v) is 6.57. The summed E-state index contributed by atoms with van der Waals surface area (Å²) in [6, 6.07) is 6.40. The van der Waals surface area contributed by atoms with Crippen LogP contribution in [0.4, 0.5) is 0 Å². The number of sulfonamides is 1. The molecule has 1 aliphatic rings. The Labute approximate surface area is 126 Å². The maximum Gasteiger partial charge on any atom is 0.243 e. The highest BCUT2D eigenvalue weighted by Gasteiger charge is 2.32. The molecule has 1 fully saturated rings. The molecular weight excluding hydrogens is 300 g/mol. The van der Waals surface area contributed by atoms with Crippen LogP contribution in [0.3, 0.4) is 0 Å². The molecule has 1 aromatic carbocycles. The maximum absolute atomic E-state index is 12.6. The molecule has 1 atom stereocenters. The van der Waals surface area contributed by atoms with Crippen LogP contribution in [0.2, 0.25) is 0 Å². The van der Waals surface area contributed by atoms with Gasteiger partial charge in [0.25, 0.3) is 0 Å². The van der Waals surface area contributed by atoms with Crippen LogP contribution in [0.5, 0.6) is 5.75 Å². The summed E-state index contributed by atoms with van der Waals surface area (Å²) in [6.45, 7) is 0.922. The van der Waals surface area contributed by atoms with Crippen LogP contribution in [0, 0.1) is 0 Å². The van der Waals surface area contributed by atoms with Gasteiger partial charge in [0.1, 0.15) is 5.75 Å². The minimum absolute atomic E-state index is 0. The summed E-state index contributed by atoms with van der Waals surface area (Å²) in [5, 5.41) is 0. The first-order valence-corrected chi connectivity index (χ1v) is 7.89. The molecule has 0 aliphatic carbocycles. The molecule has 0 aromatic heterocycles. The van der Waals surface area contributed by atoms with E-state index < -0.39 is 10.0 Å². The van der Waals surface area contributed by atoms with Gasteiger partial charge in [-0.1, -0.05) is 6.42 Å². The van der Waals surface area contributed by atoms with Crippen molar-refractivity contribution in [1.29, 1.82) is 0 Å². The average Bonchev–Trinajstić information content (AvgIpc) is 2.47. The lowest BCUT2D eigenvalue weighted by Gasteiger charge is -2.33. The zero-order chi connectivity index (χ0) is 13.9. The van der Waals surface area contributed by atoms with Crippen molar-refractivity contribution in [3.8, 4) is 5.75 Å². The zero-order valence-electron chi connectivity index (χ0n) is 11.5. The smallest absolute Gasteiger partial charge is 0.243 e. The van der Waals surface area contributed by atoms with Gasteiger partial charge in [-0.2, -0.15) is 4.31 Å². The summed E-state index contributed by atoms with van der Waals surface area (Å²) < 4.78 is 31.8. The Hall–Kier alpha value is -0.820. The fourth-order valence-corrected chi connectivity index (χ4v) is 4.11. The van der Waals surface area contributed by atoms with Crippen molar-refractivity contribution in [2.45, 2.75) is 30.2 Å².